The molecule has 1 aromatic rings. The van der Waals surface area contributed by atoms with Crippen LogP contribution in [0.15, 0.2) is 12.1 Å². The first kappa shape index (κ1) is 14.0. The summed E-state index contributed by atoms with van der Waals surface area (Å²) in [5.74, 6) is 3.52. The van der Waals surface area contributed by atoms with Gasteiger partial charge in [-0.05, 0) is 74.8 Å². The fourth-order valence-electron chi connectivity index (χ4n) is 3.13. The van der Waals surface area contributed by atoms with Gasteiger partial charge in [-0.15, -0.1) is 0 Å². The van der Waals surface area contributed by atoms with Crippen LogP contribution in [0.1, 0.15) is 28.7 Å². The number of benzene rings is 1. The molecule has 0 spiro atoms. The largest absolute Gasteiger partial charge is 0.316 e. The van der Waals surface area contributed by atoms with Crippen molar-refractivity contribution in [2.24, 2.45) is 5.92 Å². The van der Waals surface area contributed by atoms with Crippen molar-refractivity contribution < 1.29 is 0 Å². The Morgan fingerprint density at radius 1 is 1.28 bits per heavy atom. The second kappa shape index (κ2) is 6.12. The van der Waals surface area contributed by atoms with Crippen molar-refractivity contribution in [3.05, 3.63) is 34.4 Å². The maximum Gasteiger partial charge on any atom is 0.0141 e. The molecule has 0 bridgehead atoms. The summed E-state index contributed by atoms with van der Waals surface area (Å²) in [5.41, 5.74) is 5.85. The zero-order chi connectivity index (χ0) is 13.1. The van der Waals surface area contributed by atoms with E-state index in [0.29, 0.717) is 6.04 Å². The Morgan fingerprint density at radius 2 is 1.94 bits per heavy atom. The van der Waals surface area contributed by atoms with Crippen LogP contribution in [-0.4, -0.2) is 24.6 Å². The highest BCUT2D eigenvalue weighted by Gasteiger charge is 2.25. The Balaban J connectivity index is 2.16. The molecule has 2 unspecified atom stereocenters. The van der Waals surface area contributed by atoms with Gasteiger partial charge in [-0.1, -0.05) is 17.7 Å². The van der Waals surface area contributed by atoms with Gasteiger partial charge in [0.25, 0.3) is 0 Å². The number of likely N-dealkylation sites (N-methyl/N-ethyl adjacent to an activating group) is 1. The SMILES string of the molecule is CNC(Cc1c(C)cc(C)cc1C)C1CCSC1. The van der Waals surface area contributed by atoms with E-state index in [1.807, 2.05) is 0 Å². The van der Waals surface area contributed by atoms with Gasteiger partial charge in [0.05, 0.1) is 0 Å². The summed E-state index contributed by atoms with van der Waals surface area (Å²) in [4.78, 5) is 0. The molecule has 0 aromatic heterocycles. The van der Waals surface area contributed by atoms with Crippen LogP contribution in [0.5, 0.6) is 0 Å². The molecule has 1 saturated heterocycles. The summed E-state index contributed by atoms with van der Waals surface area (Å²) in [7, 11) is 2.12. The van der Waals surface area contributed by atoms with Crippen LogP contribution < -0.4 is 5.32 Å². The van der Waals surface area contributed by atoms with E-state index in [4.69, 9.17) is 0 Å². The molecule has 2 heteroatoms. The monoisotopic (exact) mass is 263 g/mol. The summed E-state index contributed by atoms with van der Waals surface area (Å²) >= 11 is 2.11. The predicted molar refractivity (Wildman–Crippen MR) is 82.6 cm³/mol. The Bertz CT molecular complexity index is 385. The normalized spacial score (nSPS) is 21.2. The molecule has 0 radical (unpaired) electrons. The molecule has 1 aliphatic rings. The lowest BCUT2D eigenvalue weighted by atomic mass is 9.88. The Kier molecular flexibility index (Phi) is 4.74. The van der Waals surface area contributed by atoms with E-state index in [9.17, 15) is 0 Å². The zero-order valence-corrected chi connectivity index (χ0v) is 12.9. The minimum atomic E-state index is 0.639. The molecule has 1 fully saturated rings. The number of rotatable bonds is 4. The van der Waals surface area contributed by atoms with Crippen molar-refractivity contribution >= 4 is 11.8 Å². The van der Waals surface area contributed by atoms with E-state index in [1.54, 1.807) is 5.56 Å². The highest BCUT2D eigenvalue weighted by Crippen LogP contribution is 2.29. The van der Waals surface area contributed by atoms with Crippen LogP contribution in [0.25, 0.3) is 0 Å². The van der Waals surface area contributed by atoms with Crippen LogP contribution in [0, 0.1) is 26.7 Å². The second-order valence-electron chi connectivity index (χ2n) is 5.60. The van der Waals surface area contributed by atoms with Crippen LogP contribution in [0.3, 0.4) is 0 Å². The van der Waals surface area contributed by atoms with Crippen LogP contribution in [0.2, 0.25) is 0 Å². The van der Waals surface area contributed by atoms with Crippen LogP contribution in [-0.2, 0) is 6.42 Å². The van der Waals surface area contributed by atoms with Gasteiger partial charge < -0.3 is 5.32 Å². The smallest absolute Gasteiger partial charge is 0.0141 e. The molecule has 1 aliphatic heterocycles. The third-order valence-electron chi connectivity index (χ3n) is 4.17. The number of thioether (sulfide) groups is 1. The average molecular weight is 263 g/mol. The number of aryl methyl sites for hydroxylation is 3. The van der Waals surface area contributed by atoms with Crippen molar-refractivity contribution in [3.63, 3.8) is 0 Å². The number of hydrogen-bond acceptors (Lipinski definition) is 2. The molecule has 1 nitrogen and oxygen atoms in total. The minimum absolute atomic E-state index is 0.639. The lowest BCUT2D eigenvalue weighted by molar-refractivity contribution is 0.403. The summed E-state index contributed by atoms with van der Waals surface area (Å²) in [5, 5.41) is 3.55. The van der Waals surface area contributed by atoms with E-state index >= 15 is 0 Å². The molecule has 18 heavy (non-hydrogen) atoms. The molecule has 0 amide bonds. The Labute approximate surface area is 116 Å². The van der Waals surface area contributed by atoms with Gasteiger partial charge in [0.2, 0.25) is 0 Å². The van der Waals surface area contributed by atoms with Gasteiger partial charge in [0.15, 0.2) is 0 Å². The van der Waals surface area contributed by atoms with Gasteiger partial charge >= 0.3 is 0 Å². The highest BCUT2D eigenvalue weighted by atomic mass is 32.2. The van der Waals surface area contributed by atoms with Gasteiger partial charge in [-0.2, -0.15) is 11.8 Å². The lowest BCUT2D eigenvalue weighted by Gasteiger charge is -2.24. The quantitative estimate of drug-likeness (QED) is 0.892. The van der Waals surface area contributed by atoms with Gasteiger partial charge in [-0.25, -0.2) is 0 Å². The molecule has 1 aromatic carbocycles. The summed E-state index contributed by atoms with van der Waals surface area (Å²) in [6.07, 6.45) is 2.56. The van der Waals surface area contributed by atoms with Crippen LogP contribution >= 0.6 is 11.8 Å². The molecule has 1 N–H and O–H groups in total. The number of nitrogens with one attached hydrogen (secondary N) is 1. The summed E-state index contributed by atoms with van der Waals surface area (Å²) in [6.45, 7) is 6.70. The Morgan fingerprint density at radius 3 is 2.44 bits per heavy atom. The second-order valence-corrected chi connectivity index (χ2v) is 6.75. The molecule has 1 heterocycles. The summed E-state index contributed by atoms with van der Waals surface area (Å²) in [6, 6.07) is 5.27. The van der Waals surface area contributed by atoms with Crippen molar-refractivity contribution in [3.8, 4) is 0 Å². The van der Waals surface area contributed by atoms with Crippen molar-refractivity contribution in [2.45, 2.75) is 39.7 Å². The first-order valence-electron chi connectivity index (χ1n) is 6.93. The Hall–Kier alpha value is -0.470. The third kappa shape index (κ3) is 3.10. The van der Waals surface area contributed by atoms with Gasteiger partial charge in [0.1, 0.15) is 0 Å². The van der Waals surface area contributed by atoms with E-state index in [1.165, 1.54) is 41.0 Å². The third-order valence-corrected chi connectivity index (χ3v) is 5.36. The number of hydrogen-bond donors (Lipinski definition) is 1. The van der Waals surface area contributed by atoms with Gasteiger partial charge in [0, 0.05) is 6.04 Å². The fourth-order valence-corrected chi connectivity index (χ4v) is 4.46. The molecule has 100 valence electrons. The van der Waals surface area contributed by atoms with Crippen LogP contribution in [0.4, 0.5) is 0 Å². The van der Waals surface area contributed by atoms with Crippen molar-refractivity contribution in [1.82, 2.24) is 5.32 Å². The van der Waals surface area contributed by atoms with E-state index in [2.05, 4.69) is 57.0 Å². The maximum atomic E-state index is 3.55. The first-order chi connectivity index (χ1) is 8.61. The topological polar surface area (TPSA) is 12.0 Å². The molecule has 0 aliphatic carbocycles. The van der Waals surface area contributed by atoms with E-state index in [-0.39, 0.29) is 0 Å². The standard InChI is InChI=1S/C16H25NS/c1-11-7-12(2)15(13(3)8-11)9-16(17-4)14-5-6-18-10-14/h7-8,14,16-17H,5-6,9-10H2,1-4H3. The highest BCUT2D eigenvalue weighted by molar-refractivity contribution is 7.99. The molecule has 2 atom stereocenters. The lowest BCUT2D eigenvalue weighted by Crippen LogP contribution is -2.36. The zero-order valence-electron chi connectivity index (χ0n) is 12.0. The van der Waals surface area contributed by atoms with E-state index in [0.717, 1.165) is 5.92 Å². The molecular weight excluding hydrogens is 238 g/mol. The van der Waals surface area contributed by atoms with Gasteiger partial charge in [-0.3, -0.25) is 0 Å². The van der Waals surface area contributed by atoms with Crippen molar-refractivity contribution in [1.29, 1.82) is 0 Å². The molecular formula is C16H25NS. The molecule has 0 saturated carbocycles. The fraction of sp³-hybridized carbons (Fsp3) is 0.625. The predicted octanol–water partition coefficient (Wildman–Crippen LogP) is 3.50. The first-order valence-corrected chi connectivity index (χ1v) is 8.09. The molecule has 2 rings (SSSR count). The summed E-state index contributed by atoms with van der Waals surface area (Å²) < 4.78 is 0. The maximum absolute atomic E-state index is 3.55. The van der Waals surface area contributed by atoms with Crippen molar-refractivity contribution in [2.75, 3.05) is 18.6 Å². The van der Waals surface area contributed by atoms with E-state index < -0.39 is 0 Å². The minimum Gasteiger partial charge on any atom is -0.316 e. The average Bonchev–Trinajstić information content (AvgIpc) is 2.81.